The Balaban J connectivity index is 1.48. The van der Waals surface area contributed by atoms with Crippen molar-refractivity contribution in [1.82, 2.24) is 20.0 Å². The molecular weight excluding hydrogens is 530 g/mol. The van der Waals surface area contributed by atoms with Gasteiger partial charge in [-0.2, -0.15) is 5.10 Å². The molecule has 1 saturated carbocycles. The van der Waals surface area contributed by atoms with Gasteiger partial charge in [0, 0.05) is 29.7 Å². The van der Waals surface area contributed by atoms with Crippen molar-refractivity contribution in [3.05, 3.63) is 49.8 Å². The molecule has 2 aromatic rings. The van der Waals surface area contributed by atoms with Gasteiger partial charge < -0.3 is 30.9 Å². The number of nitrogens with zero attached hydrogens (tertiary/aromatic N) is 3. The minimum absolute atomic E-state index is 0.0331. The molecule has 12 heteroatoms. The van der Waals surface area contributed by atoms with Crippen molar-refractivity contribution in [1.29, 1.82) is 0 Å². The van der Waals surface area contributed by atoms with Gasteiger partial charge in [-0.15, -0.1) is 0 Å². The predicted molar refractivity (Wildman–Crippen MR) is 130 cm³/mol. The van der Waals surface area contributed by atoms with E-state index in [-0.39, 0.29) is 36.6 Å². The van der Waals surface area contributed by atoms with Gasteiger partial charge in [-0.1, -0.05) is 27.5 Å². The van der Waals surface area contributed by atoms with Gasteiger partial charge in [0.2, 0.25) is 0 Å². The van der Waals surface area contributed by atoms with Gasteiger partial charge in [-0.05, 0) is 38.0 Å². The molecule has 2 heterocycles. The zero-order valence-electron chi connectivity index (χ0n) is 18.7. The smallest absolute Gasteiger partial charge is 0.276 e. The largest absolute Gasteiger partial charge is 0.390 e. The third-order valence-electron chi connectivity index (χ3n) is 6.50. The molecule has 2 aliphatic rings. The zero-order chi connectivity index (χ0) is 24.8. The summed E-state index contributed by atoms with van der Waals surface area (Å²) in [6, 6.07) is 5.97. The Morgan fingerprint density at radius 1 is 1.24 bits per heavy atom. The summed E-state index contributed by atoms with van der Waals surface area (Å²) in [5.74, 6) is -0.435. The summed E-state index contributed by atoms with van der Waals surface area (Å²) in [7, 11) is 1.46. The van der Waals surface area contributed by atoms with Crippen molar-refractivity contribution in [2.75, 3.05) is 18.4 Å². The molecule has 1 unspecified atom stereocenters. The van der Waals surface area contributed by atoms with Crippen LogP contribution in [0.5, 0.6) is 0 Å². The van der Waals surface area contributed by atoms with Crippen molar-refractivity contribution in [3.63, 3.8) is 0 Å². The van der Waals surface area contributed by atoms with Crippen LogP contribution in [0.2, 0.25) is 5.02 Å². The first-order chi connectivity index (χ1) is 16.0. The van der Waals surface area contributed by atoms with Gasteiger partial charge in [0.05, 0.1) is 41.7 Å². The molecule has 1 aliphatic heterocycles. The fraction of sp³-hybridized carbons (Fsp3) is 0.500. The van der Waals surface area contributed by atoms with Crippen LogP contribution in [0, 0.1) is 0 Å². The summed E-state index contributed by atoms with van der Waals surface area (Å²) in [5.41, 5.74) is -0.810. The Kier molecular flexibility index (Phi) is 7.05. The maximum absolute atomic E-state index is 13.3. The van der Waals surface area contributed by atoms with Gasteiger partial charge in [0.25, 0.3) is 11.5 Å². The Morgan fingerprint density at radius 2 is 1.88 bits per heavy atom. The van der Waals surface area contributed by atoms with E-state index in [1.165, 1.54) is 18.0 Å². The lowest BCUT2D eigenvalue weighted by atomic mass is 9.86. The maximum Gasteiger partial charge on any atom is 0.276 e. The SMILES string of the molecule is C[C@H](NC1C[C@@H](O)[C@@H](O)C1)C1(O)CN(C(=O)c2nn(C)c(=O)cc2Nc2ccc(Br)cc2Cl)C1. The van der Waals surface area contributed by atoms with E-state index in [4.69, 9.17) is 11.6 Å². The predicted octanol–water partition coefficient (Wildman–Crippen LogP) is 0.989. The summed E-state index contributed by atoms with van der Waals surface area (Å²) in [6.45, 7) is 1.95. The number of aliphatic hydroxyl groups excluding tert-OH is 2. The van der Waals surface area contributed by atoms with Crippen molar-refractivity contribution in [2.24, 2.45) is 7.05 Å². The Hall–Kier alpha value is -2.02. The molecular formula is C22H27BrClN5O5. The maximum atomic E-state index is 13.3. The van der Waals surface area contributed by atoms with Crippen LogP contribution in [-0.2, 0) is 7.05 Å². The van der Waals surface area contributed by atoms with E-state index < -0.39 is 29.3 Å². The lowest BCUT2D eigenvalue weighted by Crippen LogP contribution is -2.71. The number of hydrogen-bond acceptors (Lipinski definition) is 8. The number of aryl methyl sites for hydroxylation is 1. The first kappa shape index (κ1) is 25.1. The van der Waals surface area contributed by atoms with Gasteiger partial charge in [0.15, 0.2) is 5.69 Å². The van der Waals surface area contributed by atoms with Gasteiger partial charge in [-0.25, -0.2) is 4.68 Å². The Morgan fingerprint density at radius 3 is 2.50 bits per heavy atom. The highest BCUT2D eigenvalue weighted by atomic mass is 79.9. The fourth-order valence-corrected chi connectivity index (χ4v) is 5.07. The second kappa shape index (κ2) is 9.56. The monoisotopic (exact) mass is 555 g/mol. The summed E-state index contributed by atoms with van der Waals surface area (Å²) < 4.78 is 1.86. The lowest BCUT2D eigenvalue weighted by Gasteiger charge is -2.50. The standard InChI is InChI=1S/C22H27BrClN5O5/c1-11(25-13-6-17(30)18(31)7-13)22(34)9-29(10-22)21(33)20-16(8-19(32)28(2)27-20)26-15-4-3-12(23)5-14(15)24/h3-5,8,11,13,17-18,25-26,30-31,34H,6-7,9-10H2,1-2H3/t11-,13?,17-,18+/m0/s1. The number of β-amino-alcohol motifs (C(OH)–C–C–N with tert-alkyl or cyclic N) is 1. The van der Waals surface area contributed by atoms with E-state index >= 15 is 0 Å². The van der Waals surface area contributed by atoms with Crippen LogP contribution >= 0.6 is 27.5 Å². The average Bonchev–Trinajstić information content (AvgIpc) is 3.06. The van der Waals surface area contributed by atoms with Crippen LogP contribution in [0.25, 0.3) is 0 Å². The Labute approximate surface area is 209 Å². The van der Waals surface area contributed by atoms with Crippen molar-refractivity contribution in [2.45, 2.75) is 49.7 Å². The number of aromatic nitrogens is 2. The molecule has 1 amide bonds. The number of rotatable bonds is 6. The number of aliphatic hydroxyl groups is 3. The topological polar surface area (TPSA) is 140 Å². The molecule has 1 aromatic heterocycles. The van der Waals surface area contributed by atoms with Gasteiger partial charge in [0.1, 0.15) is 5.60 Å². The molecule has 0 spiro atoms. The second-order valence-corrected chi connectivity index (χ2v) is 10.4. The quantitative estimate of drug-likeness (QED) is 0.355. The first-order valence-electron chi connectivity index (χ1n) is 10.9. The molecule has 1 aromatic carbocycles. The zero-order valence-corrected chi connectivity index (χ0v) is 21.0. The number of carbonyl (C=O) groups is 1. The van der Waals surface area contributed by atoms with E-state index in [0.29, 0.717) is 23.6 Å². The van der Waals surface area contributed by atoms with E-state index in [2.05, 4.69) is 31.7 Å². The van der Waals surface area contributed by atoms with E-state index in [0.717, 1.165) is 9.15 Å². The molecule has 5 N–H and O–H groups in total. The summed E-state index contributed by atoms with van der Waals surface area (Å²) in [4.78, 5) is 26.9. The number of amides is 1. The molecule has 2 fully saturated rings. The first-order valence-corrected chi connectivity index (χ1v) is 12.1. The third-order valence-corrected chi connectivity index (χ3v) is 7.31. The van der Waals surface area contributed by atoms with Crippen LogP contribution in [0.4, 0.5) is 11.4 Å². The van der Waals surface area contributed by atoms with E-state index in [1.54, 1.807) is 18.2 Å². The van der Waals surface area contributed by atoms with Crippen LogP contribution in [0.1, 0.15) is 30.3 Å². The highest BCUT2D eigenvalue weighted by molar-refractivity contribution is 9.10. The summed E-state index contributed by atoms with van der Waals surface area (Å²) in [6.07, 6.45) is -0.751. The summed E-state index contributed by atoms with van der Waals surface area (Å²) in [5, 5.41) is 41.3. The van der Waals surface area contributed by atoms with Crippen LogP contribution < -0.4 is 16.2 Å². The van der Waals surface area contributed by atoms with Crippen molar-refractivity contribution in [3.8, 4) is 0 Å². The number of hydrogen-bond donors (Lipinski definition) is 5. The number of likely N-dealkylation sites (tertiary alicyclic amines) is 1. The van der Waals surface area contributed by atoms with Gasteiger partial charge >= 0.3 is 0 Å². The molecule has 4 rings (SSSR count). The Bertz CT molecular complexity index is 1140. The second-order valence-electron chi connectivity index (χ2n) is 9.07. The van der Waals surface area contributed by atoms with Crippen molar-refractivity contribution >= 4 is 44.8 Å². The van der Waals surface area contributed by atoms with Crippen LogP contribution in [-0.4, -0.2) is 78.9 Å². The summed E-state index contributed by atoms with van der Waals surface area (Å²) >= 11 is 9.62. The number of carbonyl (C=O) groups excluding carboxylic acids is 1. The third kappa shape index (κ3) is 5.00. The number of anilines is 2. The van der Waals surface area contributed by atoms with Crippen LogP contribution in [0.15, 0.2) is 33.5 Å². The molecule has 1 aliphatic carbocycles. The minimum atomic E-state index is -1.17. The molecule has 0 bridgehead atoms. The normalized spacial score (nSPS) is 24.6. The number of benzene rings is 1. The van der Waals surface area contributed by atoms with E-state index in [1.807, 2.05) is 6.92 Å². The average molecular weight is 557 g/mol. The highest BCUT2D eigenvalue weighted by Gasteiger charge is 2.49. The molecule has 10 nitrogen and oxygen atoms in total. The molecule has 4 atom stereocenters. The fourth-order valence-electron chi connectivity index (χ4n) is 4.35. The molecule has 0 radical (unpaired) electrons. The molecule has 1 saturated heterocycles. The van der Waals surface area contributed by atoms with Gasteiger partial charge in [-0.3, -0.25) is 9.59 Å². The van der Waals surface area contributed by atoms with E-state index in [9.17, 15) is 24.9 Å². The molecule has 34 heavy (non-hydrogen) atoms. The number of nitrogens with one attached hydrogen (secondary N) is 2. The minimum Gasteiger partial charge on any atom is -0.390 e. The van der Waals surface area contributed by atoms with Crippen molar-refractivity contribution < 1.29 is 20.1 Å². The molecule has 184 valence electrons. The lowest BCUT2D eigenvalue weighted by molar-refractivity contribution is -0.102. The number of halogens is 2. The van der Waals surface area contributed by atoms with Crippen LogP contribution in [0.3, 0.4) is 0 Å². The highest BCUT2D eigenvalue weighted by Crippen LogP contribution is 2.32.